The molecular weight excluding hydrogens is 288 g/mol. The lowest BCUT2D eigenvalue weighted by molar-refractivity contribution is 0.399. The smallest absolute Gasteiger partial charge is 0.217 e. The maximum Gasteiger partial charge on any atom is 0.217 e. The summed E-state index contributed by atoms with van der Waals surface area (Å²) in [7, 11) is -6.52. The third-order valence-corrected chi connectivity index (χ3v) is 7.81. The largest absolute Gasteiger partial charge is 0.229 e. The van der Waals surface area contributed by atoms with Crippen molar-refractivity contribution in [1.29, 1.82) is 5.26 Å². The fraction of sp³-hybridized carbons (Fsp3) is 0.909. The Hall–Kier alpha value is -0.650. The van der Waals surface area contributed by atoms with Crippen LogP contribution in [0.5, 0.6) is 0 Å². The molecule has 0 atom stereocenters. The standard InChI is InChI=1S/C11H18N2O4S2/c12-6-1-7-13(10-2-3-10)19(16,17)11-4-8-18(14,15)9-5-11/h10-11H,1-5,7-9H2. The molecule has 0 aromatic heterocycles. The van der Waals surface area contributed by atoms with E-state index in [9.17, 15) is 16.8 Å². The monoisotopic (exact) mass is 306 g/mol. The first-order valence-electron chi connectivity index (χ1n) is 6.45. The van der Waals surface area contributed by atoms with Gasteiger partial charge in [-0.05, 0) is 25.7 Å². The summed E-state index contributed by atoms with van der Waals surface area (Å²) >= 11 is 0. The zero-order valence-corrected chi connectivity index (χ0v) is 12.3. The van der Waals surface area contributed by atoms with Crippen molar-refractivity contribution in [3.8, 4) is 6.07 Å². The van der Waals surface area contributed by atoms with Gasteiger partial charge in [0.2, 0.25) is 10.0 Å². The molecule has 1 heterocycles. The minimum Gasteiger partial charge on any atom is -0.229 e. The second-order valence-corrected chi connectivity index (χ2v) is 9.62. The summed E-state index contributed by atoms with van der Waals surface area (Å²) in [6, 6.07) is 1.99. The number of nitrogens with zero attached hydrogens (tertiary/aromatic N) is 2. The molecule has 0 aromatic carbocycles. The second kappa shape index (κ2) is 5.38. The Morgan fingerprint density at radius 3 is 2.21 bits per heavy atom. The van der Waals surface area contributed by atoms with Gasteiger partial charge in [0.1, 0.15) is 9.84 Å². The Balaban J connectivity index is 2.10. The lowest BCUT2D eigenvalue weighted by Gasteiger charge is -2.29. The van der Waals surface area contributed by atoms with Gasteiger partial charge in [-0.1, -0.05) is 0 Å². The SMILES string of the molecule is N#CCCN(C1CC1)S(=O)(=O)C1CCS(=O)(=O)CC1. The van der Waals surface area contributed by atoms with E-state index < -0.39 is 25.1 Å². The van der Waals surface area contributed by atoms with Gasteiger partial charge in [0, 0.05) is 19.0 Å². The Kier molecular flexibility index (Phi) is 4.18. The molecule has 0 N–H and O–H groups in total. The summed E-state index contributed by atoms with van der Waals surface area (Å²) in [5.74, 6) is -0.0959. The van der Waals surface area contributed by atoms with Gasteiger partial charge in [-0.3, -0.25) is 0 Å². The molecule has 6 nitrogen and oxygen atoms in total. The Labute approximate surface area is 114 Å². The fourth-order valence-electron chi connectivity index (χ4n) is 2.40. The number of hydrogen-bond acceptors (Lipinski definition) is 5. The highest BCUT2D eigenvalue weighted by Crippen LogP contribution is 2.33. The van der Waals surface area contributed by atoms with Crippen molar-refractivity contribution in [3.05, 3.63) is 0 Å². The molecule has 1 saturated carbocycles. The van der Waals surface area contributed by atoms with E-state index in [4.69, 9.17) is 5.26 Å². The maximum atomic E-state index is 12.5. The van der Waals surface area contributed by atoms with Crippen molar-refractivity contribution in [1.82, 2.24) is 4.31 Å². The molecule has 2 rings (SSSR count). The summed E-state index contributed by atoms with van der Waals surface area (Å²) in [6.45, 7) is 0.229. The normalized spacial score (nSPS) is 24.2. The minimum absolute atomic E-state index is 0.0249. The van der Waals surface area contributed by atoms with Crippen molar-refractivity contribution in [2.45, 2.75) is 43.4 Å². The van der Waals surface area contributed by atoms with Crippen molar-refractivity contribution in [2.24, 2.45) is 0 Å². The zero-order valence-electron chi connectivity index (χ0n) is 10.7. The van der Waals surface area contributed by atoms with Crippen molar-refractivity contribution in [3.63, 3.8) is 0 Å². The van der Waals surface area contributed by atoms with E-state index in [0.29, 0.717) is 0 Å². The fourth-order valence-corrected chi connectivity index (χ4v) is 6.37. The molecule has 0 spiro atoms. The summed E-state index contributed by atoms with van der Waals surface area (Å²) in [5.41, 5.74) is 0. The Bertz CT molecular complexity index is 558. The van der Waals surface area contributed by atoms with E-state index in [1.807, 2.05) is 6.07 Å². The van der Waals surface area contributed by atoms with Crippen molar-refractivity contribution >= 4 is 19.9 Å². The van der Waals surface area contributed by atoms with E-state index in [1.54, 1.807) is 0 Å². The number of sulfonamides is 1. The molecule has 1 saturated heterocycles. The summed E-state index contributed by atoms with van der Waals surface area (Å²) in [6.07, 6.45) is 2.23. The minimum atomic E-state index is -3.47. The maximum absolute atomic E-state index is 12.5. The Morgan fingerprint density at radius 1 is 1.16 bits per heavy atom. The van der Waals surface area contributed by atoms with Crippen LogP contribution in [0.15, 0.2) is 0 Å². The van der Waals surface area contributed by atoms with E-state index in [-0.39, 0.29) is 43.4 Å². The van der Waals surface area contributed by atoms with E-state index in [0.717, 1.165) is 12.8 Å². The lowest BCUT2D eigenvalue weighted by atomic mass is 10.2. The van der Waals surface area contributed by atoms with Crippen LogP contribution in [0.1, 0.15) is 32.1 Å². The molecule has 2 fully saturated rings. The van der Waals surface area contributed by atoms with Crippen LogP contribution in [0.25, 0.3) is 0 Å². The molecule has 0 aromatic rings. The first kappa shape index (κ1) is 14.8. The summed E-state index contributed by atoms with van der Waals surface area (Å²) < 4.78 is 49.2. The van der Waals surface area contributed by atoms with Gasteiger partial charge in [0.25, 0.3) is 0 Å². The summed E-state index contributed by atoms with van der Waals surface area (Å²) in [5, 5.41) is 8.01. The average molecular weight is 306 g/mol. The number of sulfone groups is 1. The lowest BCUT2D eigenvalue weighted by Crippen LogP contribution is -2.44. The predicted octanol–water partition coefficient (Wildman–Crippen LogP) is 0.271. The number of hydrogen-bond donors (Lipinski definition) is 0. The van der Waals surface area contributed by atoms with Crippen LogP contribution in [0.2, 0.25) is 0 Å². The van der Waals surface area contributed by atoms with Gasteiger partial charge in [0.15, 0.2) is 0 Å². The van der Waals surface area contributed by atoms with Crippen LogP contribution < -0.4 is 0 Å². The van der Waals surface area contributed by atoms with Crippen LogP contribution in [0, 0.1) is 11.3 Å². The van der Waals surface area contributed by atoms with Crippen molar-refractivity contribution in [2.75, 3.05) is 18.1 Å². The van der Waals surface area contributed by atoms with E-state index >= 15 is 0 Å². The quantitative estimate of drug-likeness (QED) is 0.726. The van der Waals surface area contributed by atoms with Crippen LogP contribution >= 0.6 is 0 Å². The molecule has 0 bridgehead atoms. The van der Waals surface area contributed by atoms with E-state index in [2.05, 4.69) is 0 Å². The molecule has 0 radical (unpaired) electrons. The van der Waals surface area contributed by atoms with Gasteiger partial charge in [-0.25, -0.2) is 16.8 Å². The molecule has 0 unspecified atom stereocenters. The predicted molar refractivity (Wildman–Crippen MR) is 70.6 cm³/mol. The van der Waals surface area contributed by atoms with Gasteiger partial charge in [-0.2, -0.15) is 9.57 Å². The van der Waals surface area contributed by atoms with Crippen LogP contribution in [-0.2, 0) is 19.9 Å². The summed E-state index contributed by atoms with van der Waals surface area (Å²) in [4.78, 5) is 0. The molecule has 108 valence electrons. The van der Waals surface area contributed by atoms with Crippen LogP contribution in [0.3, 0.4) is 0 Å². The molecule has 8 heteroatoms. The van der Waals surface area contributed by atoms with Gasteiger partial charge in [-0.15, -0.1) is 0 Å². The van der Waals surface area contributed by atoms with Gasteiger partial charge < -0.3 is 0 Å². The Morgan fingerprint density at radius 2 is 1.74 bits per heavy atom. The molecule has 2 aliphatic rings. The van der Waals surface area contributed by atoms with Gasteiger partial charge in [0.05, 0.1) is 22.8 Å². The topological polar surface area (TPSA) is 95.3 Å². The first-order valence-corrected chi connectivity index (χ1v) is 9.77. The van der Waals surface area contributed by atoms with Crippen LogP contribution in [-0.4, -0.2) is 50.5 Å². The van der Waals surface area contributed by atoms with Gasteiger partial charge >= 0.3 is 0 Å². The molecule has 1 aliphatic heterocycles. The third kappa shape index (κ3) is 3.46. The highest BCUT2D eigenvalue weighted by molar-refractivity contribution is 7.92. The molecule has 19 heavy (non-hydrogen) atoms. The number of rotatable bonds is 5. The number of nitriles is 1. The third-order valence-electron chi connectivity index (χ3n) is 3.65. The molecular formula is C11H18N2O4S2. The average Bonchev–Trinajstić information content (AvgIpc) is 3.13. The van der Waals surface area contributed by atoms with E-state index in [1.165, 1.54) is 4.31 Å². The van der Waals surface area contributed by atoms with Crippen LogP contribution in [0.4, 0.5) is 0 Å². The van der Waals surface area contributed by atoms with Crippen molar-refractivity contribution < 1.29 is 16.8 Å². The first-order chi connectivity index (χ1) is 8.87. The highest BCUT2D eigenvalue weighted by atomic mass is 32.2. The molecule has 1 aliphatic carbocycles. The zero-order chi connectivity index (χ0) is 14.1. The highest BCUT2D eigenvalue weighted by Gasteiger charge is 2.42. The molecule has 0 amide bonds. The second-order valence-electron chi connectivity index (χ2n) is 5.15.